The van der Waals surface area contributed by atoms with Crippen molar-refractivity contribution in [1.82, 2.24) is 10.2 Å². The Morgan fingerprint density at radius 2 is 1.62 bits per heavy atom. The standard InChI is InChI=1S/C21H25N3O2/c1-16-4-10-19(11-5-16)22-15-20(25)23-14-17-6-8-18(9-7-17)21(26)24-12-2-3-13-24/h4-11,22H,2-3,12-15H2,1H3,(H,23,25). The van der Waals surface area contributed by atoms with Gasteiger partial charge in [-0.2, -0.15) is 0 Å². The van der Waals surface area contributed by atoms with Gasteiger partial charge in [0, 0.05) is 30.9 Å². The zero-order valence-electron chi connectivity index (χ0n) is 15.1. The van der Waals surface area contributed by atoms with Gasteiger partial charge in [-0.1, -0.05) is 29.8 Å². The minimum absolute atomic E-state index is 0.0669. The summed E-state index contributed by atoms with van der Waals surface area (Å²) in [6, 6.07) is 15.4. The summed E-state index contributed by atoms with van der Waals surface area (Å²) in [7, 11) is 0. The highest BCUT2D eigenvalue weighted by Gasteiger charge is 2.19. The normalized spacial score (nSPS) is 13.5. The zero-order chi connectivity index (χ0) is 18.4. The SMILES string of the molecule is Cc1ccc(NCC(=O)NCc2ccc(C(=O)N3CCCC3)cc2)cc1. The number of anilines is 1. The van der Waals surface area contributed by atoms with Crippen LogP contribution in [0.4, 0.5) is 5.69 Å². The van der Waals surface area contributed by atoms with Crippen LogP contribution in [0.1, 0.15) is 34.3 Å². The first kappa shape index (κ1) is 18.0. The third kappa shape index (κ3) is 4.85. The number of hydrogen-bond acceptors (Lipinski definition) is 3. The molecule has 0 atom stereocenters. The van der Waals surface area contributed by atoms with Gasteiger partial charge in [-0.3, -0.25) is 9.59 Å². The van der Waals surface area contributed by atoms with Gasteiger partial charge in [-0.15, -0.1) is 0 Å². The molecule has 5 heteroatoms. The first-order valence-corrected chi connectivity index (χ1v) is 9.07. The van der Waals surface area contributed by atoms with E-state index in [0.717, 1.165) is 37.2 Å². The van der Waals surface area contributed by atoms with Crippen molar-refractivity contribution >= 4 is 17.5 Å². The van der Waals surface area contributed by atoms with Gasteiger partial charge in [0.15, 0.2) is 0 Å². The summed E-state index contributed by atoms with van der Waals surface area (Å²) in [6.45, 7) is 4.41. The predicted molar refractivity (Wildman–Crippen MR) is 103 cm³/mol. The van der Waals surface area contributed by atoms with Gasteiger partial charge in [0.2, 0.25) is 5.91 Å². The van der Waals surface area contributed by atoms with E-state index >= 15 is 0 Å². The van der Waals surface area contributed by atoms with Crippen LogP contribution >= 0.6 is 0 Å². The zero-order valence-corrected chi connectivity index (χ0v) is 15.1. The molecule has 0 unspecified atom stereocenters. The summed E-state index contributed by atoms with van der Waals surface area (Å²) >= 11 is 0. The summed E-state index contributed by atoms with van der Waals surface area (Å²) in [5, 5.41) is 5.99. The molecule has 26 heavy (non-hydrogen) atoms. The van der Waals surface area contributed by atoms with Gasteiger partial charge >= 0.3 is 0 Å². The maximum absolute atomic E-state index is 12.3. The number of carbonyl (C=O) groups excluding carboxylic acids is 2. The number of carbonyl (C=O) groups is 2. The number of nitrogens with one attached hydrogen (secondary N) is 2. The molecule has 0 spiro atoms. The smallest absolute Gasteiger partial charge is 0.253 e. The lowest BCUT2D eigenvalue weighted by Gasteiger charge is -2.15. The van der Waals surface area contributed by atoms with E-state index in [9.17, 15) is 9.59 Å². The second kappa shape index (κ2) is 8.52. The number of likely N-dealkylation sites (tertiary alicyclic amines) is 1. The van der Waals surface area contributed by atoms with E-state index in [1.165, 1.54) is 5.56 Å². The van der Waals surface area contributed by atoms with Crippen molar-refractivity contribution in [2.24, 2.45) is 0 Å². The maximum atomic E-state index is 12.3. The van der Waals surface area contributed by atoms with E-state index in [4.69, 9.17) is 0 Å². The average Bonchev–Trinajstić information content (AvgIpc) is 3.20. The Bertz CT molecular complexity index is 748. The Hall–Kier alpha value is -2.82. The number of nitrogens with zero attached hydrogens (tertiary/aromatic N) is 1. The van der Waals surface area contributed by atoms with E-state index in [0.29, 0.717) is 12.1 Å². The molecule has 1 heterocycles. The molecule has 2 N–H and O–H groups in total. The number of rotatable bonds is 6. The number of hydrogen-bond donors (Lipinski definition) is 2. The monoisotopic (exact) mass is 351 g/mol. The fourth-order valence-electron chi connectivity index (χ4n) is 2.98. The lowest BCUT2D eigenvalue weighted by Crippen LogP contribution is -2.29. The lowest BCUT2D eigenvalue weighted by atomic mass is 10.1. The molecule has 136 valence electrons. The highest BCUT2D eigenvalue weighted by atomic mass is 16.2. The van der Waals surface area contributed by atoms with E-state index in [2.05, 4.69) is 10.6 Å². The van der Waals surface area contributed by atoms with Crippen molar-refractivity contribution < 1.29 is 9.59 Å². The molecular formula is C21H25N3O2. The summed E-state index contributed by atoms with van der Waals surface area (Å²) in [4.78, 5) is 26.2. The van der Waals surface area contributed by atoms with Crippen molar-refractivity contribution in [3.8, 4) is 0 Å². The fraction of sp³-hybridized carbons (Fsp3) is 0.333. The van der Waals surface area contributed by atoms with E-state index < -0.39 is 0 Å². The topological polar surface area (TPSA) is 61.4 Å². The van der Waals surface area contributed by atoms with Crippen LogP contribution in [0.15, 0.2) is 48.5 Å². The highest BCUT2D eigenvalue weighted by molar-refractivity contribution is 5.94. The molecule has 3 rings (SSSR count). The lowest BCUT2D eigenvalue weighted by molar-refractivity contribution is -0.119. The van der Waals surface area contributed by atoms with Crippen LogP contribution in [-0.4, -0.2) is 36.3 Å². The highest BCUT2D eigenvalue weighted by Crippen LogP contribution is 2.13. The molecule has 0 aliphatic carbocycles. The Balaban J connectivity index is 1.44. The van der Waals surface area contributed by atoms with Crippen LogP contribution in [0.3, 0.4) is 0 Å². The largest absolute Gasteiger partial charge is 0.376 e. The quantitative estimate of drug-likeness (QED) is 0.841. The average molecular weight is 351 g/mol. The van der Waals surface area contributed by atoms with Crippen molar-refractivity contribution in [2.75, 3.05) is 25.0 Å². The van der Waals surface area contributed by atoms with Crippen LogP contribution in [0.25, 0.3) is 0 Å². The molecule has 2 amide bonds. The Labute approximate surface area is 154 Å². The van der Waals surface area contributed by atoms with Gasteiger partial charge in [0.05, 0.1) is 6.54 Å². The van der Waals surface area contributed by atoms with Gasteiger partial charge in [-0.25, -0.2) is 0 Å². The maximum Gasteiger partial charge on any atom is 0.253 e. The van der Waals surface area contributed by atoms with Gasteiger partial charge in [0.25, 0.3) is 5.91 Å². The van der Waals surface area contributed by atoms with Gasteiger partial charge in [-0.05, 0) is 49.6 Å². The predicted octanol–water partition coefficient (Wildman–Crippen LogP) is 2.96. The third-order valence-electron chi connectivity index (χ3n) is 4.59. The molecule has 0 radical (unpaired) electrons. The Morgan fingerprint density at radius 1 is 0.962 bits per heavy atom. The molecule has 0 bridgehead atoms. The molecule has 1 aliphatic rings. The van der Waals surface area contributed by atoms with E-state index in [1.807, 2.05) is 60.4 Å². The fourth-order valence-corrected chi connectivity index (χ4v) is 2.98. The Kier molecular flexibility index (Phi) is 5.89. The summed E-state index contributed by atoms with van der Waals surface area (Å²) in [5.74, 6) is 0.0307. The second-order valence-electron chi connectivity index (χ2n) is 6.69. The molecule has 2 aromatic carbocycles. The van der Waals surface area contributed by atoms with Crippen LogP contribution in [-0.2, 0) is 11.3 Å². The summed E-state index contributed by atoms with van der Waals surface area (Å²) in [6.07, 6.45) is 2.18. The van der Waals surface area contributed by atoms with E-state index in [1.54, 1.807) is 0 Å². The van der Waals surface area contributed by atoms with E-state index in [-0.39, 0.29) is 18.4 Å². The molecule has 1 saturated heterocycles. The first-order valence-electron chi connectivity index (χ1n) is 9.07. The van der Waals surface area contributed by atoms with Crippen molar-refractivity contribution in [2.45, 2.75) is 26.3 Å². The molecule has 0 aromatic heterocycles. The summed E-state index contributed by atoms with van der Waals surface area (Å²) in [5.41, 5.74) is 3.80. The molecule has 5 nitrogen and oxygen atoms in total. The van der Waals surface area contributed by atoms with Crippen molar-refractivity contribution in [3.63, 3.8) is 0 Å². The third-order valence-corrected chi connectivity index (χ3v) is 4.59. The number of benzene rings is 2. The molecule has 0 saturated carbocycles. The molecular weight excluding hydrogens is 326 g/mol. The van der Waals surface area contributed by atoms with Crippen LogP contribution in [0, 0.1) is 6.92 Å². The van der Waals surface area contributed by atoms with Crippen LogP contribution in [0.5, 0.6) is 0 Å². The second-order valence-corrected chi connectivity index (χ2v) is 6.69. The molecule has 1 aliphatic heterocycles. The van der Waals surface area contributed by atoms with Crippen molar-refractivity contribution in [3.05, 3.63) is 65.2 Å². The van der Waals surface area contributed by atoms with Gasteiger partial charge in [0.1, 0.15) is 0 Å². The minimum atomic E-state index is -0.0669. The van der Waals surface area contributed by atoms with Crippen LogP contribution in [0.2, 0.25) is 0 Å². The molecule has 2 aromatic rings. The van der Waals surface area contributed by atoms with Crippen LogP contribution < -0.4 is 10.6 Å². The minimum Gasteiger partial charge on any atom is -0.376 e. The summed E-state index contributed by atoms with van der Waals surface area (Å²) < 4.78 is 0. The molecule has 1 fully saturated rings. The van der Waals surface area contributed by atoms with Crippen molar-refractivity contribution in [1.29, 1.82) is 0 Å². The number of aryl methyl sites for hydroxylation is 1. The Morgan fingerprint density at radius 3 is 2.27 bits per heavy atom. The number of amides is 2. The van der Waals surface area contributed by atoms with Gasteiger partial charge < -0.3 is 15.5 Å². The first-order chi connectivity index (χ1) is 12.6.